The summed E-state index contributed by atoms with van der Waals surface area (Å²) in [5.41, 5.74) is 0. The maximum Gasteiger partial charge on any atom is 0.266 e. The molecule has 1 aliphatic heterocycles. The van der Waals surface area contributed by atoms with Crippen molar-refractivity contribution in [3.05, 3.63) is 37.6 Å². The first-order valence-electron chi connectivity index (χ1n) is 4.84. The quantitative estimate of drug-likeness (QED) is 0.298. The lowest BCUT2D eigenvalue weighted by atomic mass is 10.3. The van der Waals surface area contributed by atoms with Gasteiger partial charge in [0.15, 0.2) is 3.77 Å². The van der Waals surface area contributed by atoms with Gasteiger partial charge in [0.2, 0.25) is 0 Å². The second-order valence-corrected chi connectivity index (χ2v) is 6.86. The Hall–Kier alpha value is -0.120. The first-order valence-corrected chi connectivity index (χ1v) is 7.93. The molecular formula is C11H7BrINO2S2. The Kier molecular flexibility index (Phi) is 4.68. The minimum absolute atomic E-state index is 0.104. The van der Waals surface area contributed by atoms with Crippen molar-refractivity contribution in [3.63, 3.8) is 0 Å². The molecule has 0 N–H and O–H groups in total. The number of hydrogen-bond donors (Lipinski definition) is 0. The molecule has 0 spiro atoms. The third kappa shape index (κ3) is 2.89. The normalized spacial score (nSPS) is 17.9. The zero-order valence-corrected chi connectivity index (χ0v) is 14.4. The van der Waals surface area contributed by atoms with E-state index in [0.29, 0.717) is 21.5 Å². The summed E-state index contributed by atoms with van der Waals surface area (Å²) in [4.78, 5) is 14.1. The Morgan fingerprint density at radius 2 is 2.39 bits per heavy atom. The van der Waals surface area contributed by atoms with E-state index in [-0.39, 0.29) is 5.91 Å². The number of thioether (sulfide) groups is 1. The van der Waals surface area contributed by atoms with Crippen molar-refractivity contribution in [2.24, 2.45) is 0 Å². The van der Waals surface area contributed by atoms with Crippen LogP contribution < -0.4 is 0 Å². The van der Waals surface area contributed by atoms with Crippen molar-refractivity contribution >= 4 is 78.8 Å². The fourth-order valence-corrected chi connectivity index (χ4v) is 3.32. The fraction of sp³-hybridized carbons (Fsp3) is 0.0909. The van der Waals surface area contributed by atoms with Gasteiger partial charge < -0.3 is 4.42 Å². The summed E-state index contributed by atoms with van der Waals surface area (Å²) in [6, 6.07) is 1.82. The largest absolute Gasteiger partial charge is 0.450 e. The van der Waals surface area contributed by atoms with Crippen molar-refractivity contribution in [3.8, 4) is 0 Å². The van der Waals surface area contributed by atoms with Crippen LogP contribution in [0.3, 0.4) is 0 Å². The van der Waals surface area contributed by atoms with Crippen molar-refractivity contribution < 1.29 is 9.21 Å². The highest BCUT2D eigenvalue weighted by Gasteiger charge is 2.31. The Bertz CT molecular complexity index is 548. The zero-order chi connectivity index (χ0) is 13.3. The number of carbonyl (C=O) groups excluding carboxylic acids is 1. The van der Waals surface area contributed by atoms with E-state index in [1.54, 1.807) is 12.2 Å². The van der Waals surface area contributed by atoms with Crippen LogP contribution in [0, 0.1) is 3.77 Å². The molecule has 1 fully saturated rings. The van der Waals surface area contributed by atoms with E-state index in [1.807, 2.05) is 6.07 Å². The predicted octanol–water partition coefficient (Wildman–Crippen LogP) is 4.03. The second kappa shape index (κ2) is 5.89. The van der Waals surface area contributed by atoms with Gasteiger partial charge in [-0.2, -0.15) is 0 Å². The van der Waals surface area contributed by atoms with Crippen molar-refractivity contribution in [1.29, 1.82) is 0 Å². The molecule has 0 unspecified atom stereocenters. The van der Waals surface area contributed by atoms with Crippen LogP contribution in [0.25, 0.3) is 6.08 Å². The molecule has 3 nitrogen and oxygen atoms in total. The van der Waals surface area contributed by atoms with E-state index >= 15 is 0 Å². The summed E-state index contributed by atoms with van der Waals surface area (Å²) < 4.78 is 7.64. The highest BCUT2D eigenvalue weighted by Crippen LogP contribution is 2.33. The van der Waals surface area contributed by atoms with Crippen LogP contribution in [-0.4, -0.2) is 21.7 Å². The maximum absolute atomic E-state index is 12.0. The third-order valence-electron chi connectivity index (χ3n) is 2.12. The molecule has 7 heteroatoms. The molecule has 1 aromatic heterocycles. The van der Waals surface area contributed by atoms with E-state index in [4.69, 9.17) is 16.6 Å². The summed E-state index contributed by atoms with van der Waals surface area (Å²) in [6.45, 7) is 4.04. The number of thiocarbonyl (C=S) groups is 1. The maximum atomic E-state index is 12.0. The monoisotopic (exact) mass is 455 g/mol. The first-order chi connectivity index (χ1) is 8.52. The summed E-state index contributed by atoms with van der Waals surface area (Å²) >= 11 is 11.9. The van der Waals surface area contributed by atoms with Crippen LogP contribution in [-0.2, 0) is 4.79 Å². The molecule has 2 heterocycles. The SMILES string of the molecule is C=CCN1C(=O)/C(=C/c2cc(Br)c(I)o2)SC1=S. The van der Waals surface area contributed by atoms with Gasteiger partial charge in [0.25, 0.3) is 5.91 Å². The van der Waals surface area contributed by atoms with Gasteiger partial charge in [0.1, 0.15) is 10.1 Å². The molecule has 0 radical (unpaired) electrons. The Morgan fingerprint density at radius 3 is 2.94 bits per heavy atom. The minimum atomic E-state index is -0.104. The number of halogens is 2. The number of amides is 1. The zero-order valence-electron chi connectivity index (χ0n) is 8.98. The molecule has 1 aliphatic rings. The van der Waals surface area contributed by atoms with Crippen molar-refractivity contribution in [2.75, 3.05) is 6.54 Å². The summed E-state index contributed by atoms with van der Waals surface area (Å²) in [5, 5.41) is 0. The van der Waals surface area contributed by atoms with Crippen LogP contribution in [0.2, 0.25) is 0 Å². The third-order valence-corrected chi connectivity index (χ3v) is 5.63. The van der Waals surface area contributed by atoms with Gasteiger partial charge in [-0.25, -0.2) is 0 Å². The topological polar surface area (TPSA) is 33.5 Å². The van der Waals surface area contributed by atoms with Crippen molar-refractivity contribution in [1.82, 2.24) is 4.90 Å². The lowest BCUT2D eigenvalue weighted by molar-refractivity contribution is -0.121. The molecule has 0 aliphatic carbocycles. The highest BCUT2D eigenvalue weighted by molar-refractivity contribution is 14.1. The summed E-state index contributed by atoms with van der Waals surface area (Å²) in [6.07, 6.45) is 3.36. The van der Waals surface area contributed by atoms with Crippen LogP contribution in [0.1, 0.15) is 5.76 Å². The van der Waals surface area contributed by atoms with Gasteiger partial charge in [-0.15, -0.1) is 6.58 Å². The molecule has 94 valence electrons. The van der Waals surface area contributed by atoms with Gasteiger partial charge in [0, 0.05) is 35.2 Å². The van der Waals surface area contributed by atoms with E-state index in [2.05, 4.69) is 45.1 Å². The molecule has 0 aromatic carbocycles. The van der Waals surface area contributed by atoms with E-state index < -0.39 is 0 Å². The van der Waals surface area contributed by atoms with E-state index in [0.717, 1.165) is 8.24 Å². The standard InChI is InChI=1S/C11H7BrINO2S2/c1-2-3-14-10(15)8(18-11(14)17)5-6-4-7(12)9(13)16-6/h2,4-5H,1,3H2/b8-5-. The predicted molar refractivity (Wildman–Crippen MR) is 89.2 cm³/mol. The average molecular weight is 456 g/mol. The van der Waals surface area contributed by atoms with Crippen LogP contribution in [0.15, 0.2) is 32.5 Å². The van der Waals surface area contributed by atoms with Gasteiger partial charge in [0.05, 0.1) is 9.38 Å². The van der Waals surface area contributed by atoms with Gasteiger partial charge in [-0.3, -0.25) is 9.69 Å². The number of rotatable bonds is 3. The number of hydrogen-bond acceptors (Lipinski definition) is 4. The summed E-state index contributed by atoms with van der Waals surface area (Å²) in [5.74, 6) is 0.526. The van der Waals surface area contributed by atoms with Gasteiger partial charge in [-0.1, -0.05) is 30.1 Å². The Labute approximate surface area is 136 Å². The number of carbonyl (C=O) groups is 1. The fourth-order valence-electron chi connectivity index (χ4n) is 1.35. The Morgan fingerprint density at radius 1 is 1.67 bits per heavy atom. The van der Waals surface area contributed by atoms with E-state index in [9.17, 15) is 4.79 Å². The van der Waals surface area contributed by atoms with Crippen LogP contribution in [0.4, 0.5) is 0 Å². The molecule has 1 amide bonds. The molecule has 1 saturated heterocycles. The first kappa shape index (κ1) is 14.3. The van der Waals surface area contributed by atoms with Crippen molar-refractivity contribution in [2.45, 2.75) is 0 Å². The molecule has 0 saturated carbocycles. The lowest BCUT2D eigenvalue weighted by Crippen LogP contribution is -2.27. The lowest BCUT2D eigenvalue weighted by Gasteiger charge is -2.10. The van der Waals surface area contributed by atoms with Gasteiger partial charge in [-0.05, 0) is 22.0 Å². The number of furan rings is 1. The smallest absolute Gasteiger partial charge is 0.266 e. The van der Waals surface area contributed by atoms with Gasteiger partial charge >= 0.3 is 0 Å². The number of nitrogens with zero attached hydrogens (tertiary/aromatic N) is 1. The Balaban J connectivity index is 2.27. The van der Waals surface area contributed by atoms with Crippen LogP contribution >= 0.6 is 62.5 Å². The molecule has 0 atom stereocenters. The molecule has 1 aromatic rings. The summed E-state index contributed by atoms with van der Waals surface area (Å²) in [7, 11) is 0. The minimum Gasteiger partial charge on any atom is -0.450 e. The molecule has 0 bridgehead atoms. The average Bonchev–Trinajstić information content (AvgIpc) is 2.75. The molecule has 18 heavy (non-hydrogen) atoms. The molecule has 2 rings (SSSR count). The molecular weight excluding hydrogens is 449 g/mol. The highest BCUT2D eigenvalue weighted by atomic mass is 127. The second-order valence-electron chi connectivity index (χ2n) is 3.35. The van der Waals surface area contributed by atoms with Crippen LogP contribution in [0.5, 0.6) is 0 Å². The van der Waals surface area contributed by atoms with E-state index in [1.165, 1.54) is 16.7 Å².